The van der Waals surface area contributed by atoms with Gasteiger partial charge in [-0.1, -0.05) is 23.7 Å². The number of hydrogen-bond donors (Lipinski definition) is 2. The minimum atomic E-state index is -0.598. The molecular formula is C16H12ClFN6O2. The Morgan fingerprint density at radius 1 is 1.12 bits per heavy atom. The number of anilines is 3. The molecule has 0 bridgehead atoms. The summed E-state index contributed by atoms with van der Waals surface area (Å²) in [7, 11) is 0. The molecule has 0 spiro atoms. The van der Waals surface area contributed by atoms with Crippen molar-refractivity contribution in [3.8, 4) is 0 Å². The molecule has 0 saturated heterocycles. The Morgan fingerprint density at radius 3 is 2.54 bits per heavy atom. The van der Waals surface area contributed by atoms with Gasteiger partial charge in [-0.25, -0.2) is 19.3 Å². The van der Waals surface area contributed by atoms with Gasteiger partial charge in [0.2, 0.25) is 11.6 Å². The maximum Gasteiger partial charge on any atom is 0.353 e. The third-order valence-electron chi connectivity index (χ3n) is 3.39. The standard InChI is InChI=1S/C16H12ClFN6O2/c17-14-12(2-1-7-19-14)23-16-13(24(25)26)15(21-9-22-16)20-8-10-3-5-11(18)6-4-10/h1-7,9H,8H2,(H2,20,21,22,23). The number of aromatic nitrogens is 3. The van der Waals surface area contributed by atoms with Crippen LogP contribution in [0, 0.1) is 15.9 Å². The predicted molar refractivity (Wildman–Crippen MR) is 94.9 cm³/mol. The average Bonchev–Trinajstić information content (AvgIpc) is 2.63. The number of benzene rings is 1. The first-order valence-corrected chi connectivity index (χ1v) is 7.77. The molecule has 2 aromatic heterocycles. The van der Waals surface area contributed by atoms with E-state index in [1.54, 1.807) is 24.3 Å². The molecular weight excluding hydrogens is 363 g/mol. The maximum atomic E-state index is 13.0. The minimum absolute atomic E-state index is 0.0248. The molecule has 0 fully saturated rings. The first-order valence-electron chi connectivity index (χ1n) is 7.40. The van der Waals surface area contributed by atoms with Crippen LogP contribution in [0.3, 0.4) is 0 Å². The molecule has 1 aromatic carbocycles. The molecule has 3 rings (SSSR count). The molecule has 3 aromatic rings. The van der Waals surface area contributed by atoms with E-state index in [9.17, 15) is 14.5 Å². The minimum Gasteiger partial charge on any atom is -0.360 e. The molecule has 0 radical (unpaired) electrons. The third-order valence-corrected chi connectivity index (χ3v) is 3.69. The Morgan fingerprint density at radius 2 is 1.85 bits per heavy atom. The van der Waals surface area contributed by atoms with Gasteiger partial charge in [0, 0.05) is 12.7 Å². The summed E-state index contributed by atoms with van der Waals surface area (Å²) < 4.78 is 13.0. The summed E-state index contributed by atoms with van der Waals surface area (Å²) in [5.74, 6) is -0.361. The van der Waals surface area contributed by atoms with Gasteiger partial charge in [-0.3, -0.25) is 10.1 Å². The molecule has 8 nitrogen and oxygen atoms in total. The van der Waals surface area contributed by atoms with Gasteiger partial charge in [0.15, 0.2) is 5.15 Å². The number of nitro groups is 1. The number of nitrogens with zero attached hydrogens (tertiary/aromatic N) is 4. The van der Waals surface area contributed by atoms with Crippen LogP contribution in [-0.2, 0) is 6.54 Å². The zero-order valence-electron chi connectivity index (χ0n) is 13.2. The summed E-state index contributed by atoms with van der Waals surface area (Å²) in [6.07, 6.45) is 2.68. The first kappa shape index (κ1) is 17.5. The first-order chi connectivity index (χ1) is 12.5. The molecule has 2 N–H and O–H groups in total. The van der Waals surface area contributed by atoms with Crippen LogP contribution in [0.15, 0.2) is 48.9 Å². The fourth-order valence-corrected chi connectivity index (χ4v) is 2.33. The van der Waals surface area contributed by atoms with E-state index < -0.39 is 4.92 Å². The normalized spacial score (nSPS) is 10.4. The van der Waals surface area contributed by atoms with Crippen molar-refractivity contribution in [2.75, 3.05) is 10.6 Å². The van der Waals surface area contributed by atoms with E-state index in [1.807, 2.05) is 0 Å². The number of nitrogens with one attached hydrogen (secondary N) is 2. The van der Waals surface area contributed by atoms with Gasteiger partial charge in [-0.15, -0.1) is 0 Å². The van der Waals surface area contributed by atoms with E-state index in [1.165, 1.54) is 24.7 Å². The summed E-state index contributed by atoms with van der Waals surface area (Å²) in [5.41, 5.74) is 0.777. The van der Waals surface area contributed by atoms with Crippen LogP contribution < -0.4 is 10.6 Å². The maximum absolute atomic E-state index is 13.0. The summed E-state index contributed by atoms with van der Waals surface area (Å²) in [5, 5.41) is 17.3. The van der Waals surface area contributed by atoms with Gasteiger partial charge < -0.3 is 10.6 Å². The van der Waals surface area contributed by atoms with E-state index in [2.05, 4.69) is 25.6 Å². The quantitative estimate of drug-likeness (QED) is 0.382. The van der Waals surface area contributed by atoms with Crippen molar-refractivity contribution < 1.29 is 9.31 Å². The lowest BCUT2D eigenvalue weighted by atomic mass is 10.2. The van der Waals surface area contributed by atoms with Crippen molar-refractivity contribution in [3.05, 3.63) is 75.6 Å². The molecule has 10 heteroatoms. The molecule has 0 aliphatic rings. The fraction of sp³-hybridized carbons (Fsp3) is 0.0625. The lowest BCUT2D eigenvalue weighted by Crippen LogP contribution is -2.08. The van der Waals surface area contributed by atoms with Gasteiger partial charge in [0.25, 0.3) is 0 Å². The lowest BCUT2D eigenvalue weighted by molar-refractivity contribution is -0.383. The van der Waals surface area contributed by atoms with Crippen molar-refractivity contribution in [1.82, 2.24) is 15.0 Å². The van der Waals surface area contributed by atoms with Crippen LogP contribution in [0.25, 0.3) is 0 Å². The van der Waals surface area contributed by atoms with Crippen LogP contribution in [-0.4, -0.2) is 19.9 Å². The molecule has 0 unspecified atom stereocenters. The Hall–Kier alpha value is -3.33. The smallest absolute Gasteiger partial charge is 0.353 e. The Bertz CT molecular complexity index is 938. The second-order valence-electron chi connectivity index (χ2n) is 5.12. The highest BCUT2D eigenvalue weighted by Gasteiger charge is 2.23. The van der Waals surface area contributed by atoms with Gasteiger partial charge >= 0.3 is 5.69 Å². The summed E-state index contributed by atoms with van der Waals surface area (Å²) in [6, 6.07) is 9.02. The molecule has 26 heavy (non-hydrogen) atoms. The Kier molecular flexibility index (Phi) is 5.18. The van der Waals surface area contributed by atoms with Crippen LogP contribution >= 0.6 is 11.6 Å². The predicted octanol–water partition coefficient (Wildman–Crippen LogP) is 3.93. The van der Waals surface area contributed by atoms with Gasteiger partial charge in [0.1, 0.15) is 12.1 Å². The van der Waals surface area contributed by atoms with E-state index in [4.69, 9.17) is 11.6 Å². The zero-order chi connectivity index (χ0) is 18.5. The molecule has 132 valence electrons. The SMILES string of the molecule is O=[N+]([O-])c1c(NCc2ccc(F)cc2)ncnc1Nc1cccnc1Cl. The summed E-state index contributed by atoms with van der Waals surface area (Å²) in [4.78, 5) is 22.7. The van der Waals surface area contributed by atoms with Gasteiger partial charge in [-0.05, 0) is 29.8 Å². The molecule has 2 heterocycles. The third kappa shape index (κ3) is 4.01. The highest BCUT2D eigenvalue weighted by Crippen LogP contribution is 2.32. The largest absolute Gasteiger partial charge is 0.360 e. The molecule has 0 aliphatic carbocycles. The lowest BCUT2D eigenvalue weighted by Gasteiger charge is -2.10. The van der Waals surface area contributed by atoms with E-state index >= 15 is 0 Å². The van der Waals surface area contributed by atoms with Gasteiger partial charge in [0.05, 0.1) is 10.6 Å². The average molecular weight is 375 g/mol. The number of rotatable bonds is 6. The molecule has 0 atom stereocenters. The zero-order valence-corrected chi connectivity index (χ0v) is 13.9. The van der Waals surface area contributed by atoms with E-state index in [0.717, 1.165) is 5.56 Å². The highest BCUT2D eigenvalue weighted by atomic mass is 35.5. The number of hydrogen-bond acceptors (Lipinski definition) is 7. The highest BCUT2D eigenvalue weighted by molar-refractivity contribution is 6.32. The van der Waals surface area contributed by atoms with Crippen LogP contribution in [0.5, 0.6) is 0 Å². The van der Waals surface area contributed by atoms with Crippen molar-refractivity contribution >= 4 is 34.6 Å². The van der Waals surface area contributed by atoms with Crippen molar-refractivity contribution in [1.29, 1.82) is 0 Å². The van der Waals surface area contributed by atoms with E-state index in [-0.39, 0.29) is 34.8 Å². The molecule has 0 saturated carbocycles. The second-order valence-corrected chi connectivity index (χ2v) is 5.48. The molecule has 0 amide bonds. The van der Waals surface area contributed by atoms with Crippen LogP contribution in [0.4, 0.5) is 27.4 Å². The molecule has 0 aliphatic heterocycles. The van der Waals surface area contributed by atoms with Crippen LogP contribution in [0.2, 0.25) is 5.15 Å². The van der Waals surface area contributed by atoms with Crippen molar-refractivity contribution in [2.24, 2.45) is 0 Å². The Balaban J connectivity index is 1.87. The summed E-state index contributed by atoms with van der Waals surface area (Å²) >= 11 is 5.97. The van der Waals surface area contributed by atoms with E-state index in [0.29, 0.717) is 5.69 Å². The number of halogens is 2. The van der Waals surface area contributed by atoms with Gasteiger partial charge in [-0.2, -0.15) is 0 Å². The topological polar surface area (TPSA) is 106 Å². The van der Waals surface area contributed by atoms with Crippen LogP contribution in [0.1, 0.15) is 5.56 Å². The van der Waals surface area contributed by atoms with Crippen molar-refractivity contribution in [2.45, 2.75) is 6.54 Å². The monoisotopic (exact) mass is 374 g/mol. The summed E-state index contributed by atoms with van der Waals surface area (Å²) in [6.45, 7) is 0.227. The fourth-order valence-electron chi connectivity index (χ4n) is 2.17. The Labute approximate surface area is 152 Å². The number of pyridine rings is 1. The van der Waals surface area contributed by atoms with Crippen molar-refractivity contribution in [3.63, 3.8) is 0 Å². The second kappa shape index (κ2) is 7.70.